The molecule has 7 nitrogen and oxygen atoms in total. The first-order chi connectivity index (χ1) is 18.9. The Kier molecular flexibility index (Phi) is 6.05. The second-order valence-electron chi connectivity index (χ2n) is 11.6. The van der Waals surface area contributed by atoms with Crippen molar-refractivity contribution in [1.29, 1.82) is 0 Å². The summed E-state index contributed by atoms with van der Waals surface area (Å²) in [6.07, 6.45) is 2.70. The highest BCUT2D eigenvalue weighted by atomic mass is 32.2. The first kappa shape index (κ1) is 26.5. The maximum atomic E-state index is 13.5. The first-order valence-corrected chi connectivity index (χ1v) is 15.0. The van der Waals surface area contributed by atoms with Crippen molar-refractivity contribution in [2.45, 2.75) is 56.9 Å². The maximum absolute atomic E-state index is 13.5. The van der Waals surface area contributed by atoms with E-state index in [0.717, 1.165) is 41.5 Å². The molecule has 0 saturated heterocycles. The van der Waals surface area contributed by atoms with Crippen molar-refractivity contribution in [3.63, 3.8) is 0 Å². The number of Topliss-reactive ketones (excluding diaryl/α,β-unsaturated/α-hetero) is 2. The molecule has 206 valence electrons. The van der Waals surface area contributed by atoms with Gasteiger partial charge >= 0.3 is 0 Å². The number of nitrogens with one attached hydrogen (secondary N) is 1. The summed E-state index contributed by atoms with van der Waals surface area (Å²) in [7, 11) is -0.110. The molecule has 2 aliphatic carbocycles. The van der Waals surface area contributed by atoms with Gasteiger partial charge in [0.25, 0.3) is 0 Å². The quantitative estimate of drug-likeness (QED) is 0.306. The Morgan fingerprint density at radius 1 is 0.950 bits per heavy atom. The summed E-state index contributed by atoms with van der Waals surface area (Å²) < 4.78 is 35.9. The number of sulfonamides is 1. The molecule has 0 aliphatic heterocycles. The topological polar surface area (TPSA) is 96.7 Å². The minimum absolute atomic E-state index is 0.0797. The molecule has 40 heavy (non-hydrogen) atoms. The van der Waals surface area contributed by atoms with Crippen LogP contribution in [0.15, 0.2) is 57.8 Å². The van der Waals surface area contributed by atoms with E-state index in [0.29, 0.717) is 33.6 Å². The normalized spacial score (nSPS) is 16.0. The van der Waals surface area contributed by atoms with Crippen molar-refractivity contribution < 1.29 is 22.4 Å². The average molecular weight is 557 g/mol. The highest BCUT2D eigenvalue weighted by Gasteiger charge is 2.40. The molecule has 0 spiro atoms. The number of rotatable bonds is 5. The molecule has 0 saturated carbocycles. The van der Waals surface area contributed by atoms with Gasteiger partial charge in [0.15, 0.2) is 0 Å². The number of benzene rings is 3. The second-order valence-corrected chi connectivity index (χ2v) is 13.3. The number of nitrogens with zero attached hydrogens (tertiary/aromatic N) is 1. The molecule has 0 unspecified atom stereocenters. The molecule has 0 atom stereocenters. The number of furan rings is 1. The van der Waals surface area contributed by atoms with Gasteiger partial charge in [-0.15, -0.1) is 0 Å². The summed E-state index contributed by atoms with van der Waals surface area (Å²) >= 11 is 0. The summed E-state index contributed by atoms with van der Waals surface area (Å²) in [6, 6.07) is 14.7. The molecule has 3 aromatic carbocycles. The van der Waals surface area contributed by atoms with Crippen LogP contribution in [-0.4, -0.2) is 34.1 Å². The Balaban J connectivity index is 1.38. The van der Waals surface area contributed by atoms with Gasteiger partial charge in [-0.3, -0.25) is 9.59 Å². The van der Waals surface area contributed by atoms with E-state index in [-0.39, 0.29) is 22.4 Å². The Bertz CT molecular complexity index is 1850. The summed E-state index contributed by atoms with van der Waals surface area (Å²) in [5, 5.41) is 1.44. The lowest BCUT2D eigenvalue weighted by molar-refractivity contribution is 0.0813. The van der Waals surface area contributed by atoms with Crippen molar-refractivity contribution in [2.75, 3.05) is 19.0 Å². The molecule has 1 aromatic heterocycles. The monoisotopic (exact) mass is 556 g/mol. The van der Waals surface area contributed by atoms with E-state index in [1.807, 2.05) is 49.3 Å². The van der Waals surface area contributed by atoms with Crippen molar-refractivity contribution >= 4 is 38.0 Å². The number of carbonyl (C=O) groups excluding carboxylic acids is 2. The molecule has 0 fully saturated rings. The third kappa shape index (κ3) is 3.92. The Morgan fingerprint density at radius 3 is 2.40 bits per heavy atom. The fourth-order valence-electron chi connectivity index (χ4n) is 6.38. The van der Waals surface area contributed by atoms with E-state index >= 15 is 0 Å². The van der Waals surface area contributed by atoms with Gasteiger partial charge in [-0.1, -0.05) is 50.2 Å². The van der Waals surface area contributed by atoms with E-state index in [1.54, 1.807) is 25.1 Å². The fourth-order valence-corrected chi connectivity index (χ4v) is 7.58. The van der Waals surface area contributed by atoms with Gasteiger partial charge in [0.2, 0.25) is 21.6 Å². The highest BCUT2D eigenvalue weighted by molar-refractivity contribution is 7.89. The van der Waals surface area contributed by atoms with E-state index in [4.69, 9.17) is 4.42 Å². The summed E-state index contributed by atoms with van der Waals surface area (Å²) in [5.41, 5.74) is 4.62. The first-order valence-electron chi connectivity index (χ1n) is 13.5. The van der Waals surface area contributed by atoms with Crippen molar-refractivity contribution in [2.24, 2.45) is 0 Å². The molecule has 1 heterocycles. The Morgan fingerprint density at radius 2 is 1.65 bits per heavy atom. The van der Waals surface area contributed by atoms with E-state index in [2.05, 4.69) is 18.6 Å². The number of hydrogen-bond acceptors (Lipinski definition) is 6. The fraction of sp³-hybridized carbons (Fsp3) is 0.312. The molecule has 1 N–H and O–H groups in total. The number of ketones is 2. The van der Waals surface area contributed by atoms with Gasteiger partial charge in [0.1, 0.15) is 11.5 Å². The molecule has 8 heteroatoms. The second kappa shape index (κ2) is 9.14. The molecular weight excluding hydrogens is 524 g/mol. The van der Waals surface area contributed by atoms with Crippen LogP contribution in [0.3, 0.4) is 0 Å². The Labute approximate surface area is 234 Å². The highest BCUT2D eigenvalue weighted by Crippen LogP contribution is 2.45. The molecule has 0 radical (unpaired) electrons. The number of carbonyl (C=O) groups is 2. The van der Waals surface area contributed by atoms with Crippen LogP contribution in [0.4, 0.5) is 5.69 Å². The van der Waals surface area contributed by atoms with Crippen molar-refractivity contribution in [3.05, 3.63) is 82.1 Å². The standard InChI is InChI=1S/C32H32N2O5S/c1-18-25(17-33-40(37,38)26-13-7-9-19-20(26)10-6-12-24(19)34(4)5)39-31-22-14-15-23-21(11-8-16-32(23,2)3)28(22)30(36)29(35)27(18)31/h6-7,9-10,12-15,33H,8,11,16-17H2,1-5H3. The van der Waals surface area contributed by atoms with Crippen LogP contribution >= 0.6 is 0 Å². The summed E-state index contributed by atoms with van der Waals surface area (Å²) in [4.78, 5) is 28.9. The third-order valence-corrected chi connectivity index (χ3v) is 9.93. The summed E-state index contributed by atoms with van der Waals surface area (Å²) in [6.45, 7) is 5.87. The van der Waals surface area contributed by atoms with Crippen molar-refractivity contribution in [3.8, 4) is 11.3 Å². The van der Waals surface area contributed by atoms with Crippen LogP contribution in [0.1, 0.15) is 69.9 Å². The molecule has 0 bridgehead atoms. The number of fused-ring (bicyclic) bond motifs is 6. The molecule has 2 aliphatic rings. The van der Waals surface area contributed by atoms with Crippen LogP contribution in [0.2, 0.25) is 0 Å². The lowest BCUT2D eigenvalue weighted by Crippen LogP contribution is -2.29. The van der Waals surface area contributed by atoms with Gasteiger partial charge < -0.3 is 9.32 Å². The minimum Gasteiger partial charge on any atom is -0.459 e. The van der Waals surface area contributed by atoms with Crippen LogP contribution in [0, 0.1) is 6.92 Å². The van der Waals surface area contributed by atoms with Gasteiger partial charge in [0.05, 0.1) is 17.0 Å². The lowest BCUT2D eigenvalue weighted by Gasteiger charge is -2.34. The molecule has 4 aromatic rings. The third-order valence-electron chi connectivity index (χ3n) is 8.47. The lowest BCUT2D eigenvalue weighted by atomic mass is 9.69. The molecular formula is C32H32N2O5S. The van der Waals surface area contributed by atoms with Crippen LogP contribution in [0.25, 0.3) is 22.1 Å². The summed E-state index contributed by atoms with van der Waals surface area (Å²) in [5.74, 6) is -0.450. The van der Waals surface area contributed by atoms with Crippen LogP contribution < -0.4 is 9.62 Å². The van der Waals surface area contributed by atoms with Gasteiger partial charge in [0, 0.05) is 47.2 Å². The largest absolute Gasteiger partial charge is 0.459 e. The molecule has 0 amide bonds. The predicted molar refractivity (Wildman–Crippen MR) is 156 cm³/mol. The number of hydrogen-bond donors (Lipinski definition) is 1. The van der Waals surface area contributed by atoms with Crippen molar-refractivity contribution in [1.82, 2.24) is 4.72 Å². The Hall–Kier alpha value is -3.75. The van der Waals surface area contributed by atoms with Gasteiger partial charge in [-0.2, -0.15) is 0 Å². The van der Waals surface area contributed by atoms with E-state index in [9.17, 15) is 18.0 Å². The minimum atomic E-state index is -3.94. The van der Waals surface area contributed by atoms with E-state index < -0.39 is 21.6 Å². The van der Waals surface area contributed by atoms with Gasteiger partial charge in [-0.25, -0.2) is 13.1 Å². The maximum Gasteiger partial charge on any atom is 0.241 e. The smallest absolute Gasteiger partial charge is 0.241 e. The zero-order valence-corrected chi connectivity index (χ0v) is 24.2. The van der Waals surface area contributed by atoms with E-state index in [1.165, 1.54) is 0 Å². The predicted octanol–water partition coefficient (Wildman–Crippen LogP) is 5.95. The average Bonchev–Trinajstić information content (AvgIpc) is 3.25. The SMILES string of the molecule is Cc1c(CNS(=O)(=O)c2cccc3c(N(C)C)cccc23)oc2c1C(=O)C(=O)c1c-2ccc2c1CCCC2(C)C. The zero-order valence-electron chi connectivity index (χ0n) is 23.3. The zero-order chi connectivity index (χ0) is 28.6. The molecule has 6 rings (SSSR count). The van der Waals surface area contributed by atoms with Crippen LogP contribution in [-0.2, 0) is 28.4 Å². The van der Waals surface area contributed by atoms with Crippen LogP contribution in [0.5, 0.6) is 0 Å². The van der Waals surface area contributed by atoms with Gasteiger partial charge in [-0.05, 0) is 54.9 Å². The number of anilines is 1.